The molecule has 2 heterocycles. The van der Waals surface area contributed by atoms with Crippen molar-refractivity contribution in [1.29, 1.82) is 0 Å². The van der Waals surface area contributed by atoms with E-state index in [4.69, 9.17) is 0 Å². The van der Waals surface area contributed by atoms with Gasteiger partial charge in [0.2, 0.25) is 5.91 Å². The van der Waals surface area contributed by atoms with Gasteiger partial charge in [-0.25, -0.2) is 0 Å². The molecule has 0 fully saturated rings. The van der Waals surface area contributed by atoms with Crippen molar-refractivity contribution in [3.05, 3.63) is 57.8 Å². The molecule has 0 aliphatic carbocycles. The molecule has 2 aromatic rings. The molecule has 5 nitrogen and oxygen atoms in total. The Kier molecular flexibility index (Phi) is 4.71. The summed E-state index contributed by atoms with van der Waals surface area (Å²) in [7, 11) is 0. The van der Waals surface area contributed by atoms with Crippen LogP contribution in [0.4, 0.5) is 0 Å². The summed E-state index contributed by atoms with van der Waals surface area (Å²) in [5.41, 5.74) is 0.493. The summed E-state index contributed by atoms with van der Waals surface area (Å²) in [6.45, 7) is 7.73. The number of benzene rings is 1. The number of thiophene rings is 1. The highest BCUT2D eigenvalue weighted by atomic mass is 32.1. The van der Waals surface area contributed by atoms with E-state index in [1.165, 1.54) is 0 Å². The number of rotatable bonds is 4. The van der Waals surface area contributed by atoms with Gasteiger partial charge in [-0.2, -0.15) is 0 Å². The van der Waals surface area contributed by atoms with Crippen molar-refractivity contribution in [1.82, 2.24) is 10.2 Å². The smallest absolute Gasteiger partial charge is 0.262 e. The van der Waals surface area contributed by atoms with Crippen molar-refractivity contribution in [3.63, 3.8) is 0 Å². The molecular formula is C20H22N2O3S. The minimum Gasteiger partial charge on any atom is -0.346 e. The molecule has 0 saturated heterocycles. The van der Waals surface area contributed by atoms with Gasteiger partial charge in [0, 0.05) is 4.88 Å². The second kappa shape index (κ2) is 6.68. The molecule has 1 aliphatic heterocycles. The van der Waals surface area contributed by atoms with Gasteiger partial charge >= 0.3 is 0 Å². The first-order valence-corrected chi connectivity index (χ1v) is 9.40. The molecule has 1 aliphatic rings. The van der Waals surface area contributed by atoms with E-state index in [0.717, 1.165) is 9.78 Å². The van der Waals surface area contributed by atoms with Crippen LogP contribution in [-0.2, 0) is 4.79 Å². The van der Waals surface area contributed by atoms with Crippen molar-refractivity contribution in [2.45, 2.75) is 39.8 Å². The van der Waals surface area contributed by atoms with Crippen molar-refractivity contribution >= 4 is 29.1 Å². The van der Waals surface area contributed by atoms with Crippen molar-refractivity contribution in [3.8, 4) is 0 Å². The average Bonchev–Trinajstić information content (AvgIpc) is 3.19. The van der Waals surface area contributed by atoms with Crippen LogP contribution in [0.3, 0.4) is 0 Å². The number of carbonyl (C=O) groups excluding carboxylic acids is 3. The zero-order chi connectivity index (χ0) is 19.1. The van der Waals surface area contributed by atoms with Crippen LogP contribution in [-0.4, -0.2) is 28.7 Å². The highest BCUT2D eigenvalue weighted by Gasteiger charge is 2.41. The maximum absolute atomic E-state index is 12.9. The van der Waals surface area contributed by atoms with Gasteiger partial charge < -0.3 is 5.32 Å². The predicted molar refractivity (Wildman–Crippen MR) is 101 cm³/mol. The topological polar surface area (TPSA) is 66.5 Å². The molecule has 1 aromatic carbocycles. The van der Waals surface area contributed by atoms with Gasteiger partial charge in [0.25, 0.3) is 11.8 Å². The summed E-state index contributed by atoms with van der Waals surface area (Å²) in [6, 6.07) is 9.49. The maximum atomic E-state index is 12.9. The zero-order valence-electron chi connectivity index (χ0n) is 15.3. The fourth-order valence-electron chi connectivity index (χ4n) is 3.11. The van der Waals surface area contributed by atoms with Crippen LogP contribution in [0.25, 0.3) is 0 Å². The first-order valence-electron chi connectivity index (χ1n) is 8.52. The van der Waals surface area contributed by atoms with Crippen LogP contribution < -0.4 is 5.32 Å². The number of nitrogens with one attached hydrogen (secondary N) is 1. The van der Waals surface area contributed by atoms with Gasteiger partial charge in [0.15, 0.2) is 0 Å². The quantitative estimate of drug-likeness (QED) is 0.836. The van der Waals surface area contributed by atoms with E-state index in [1.54, 1.807) is 42.5 Å². The molecule has 3 amide bonds. The average molecular weight is 370 g/mol. The van der Waals surface area contributed by atoms with Crippen molar-refractivity contribution < 1.29 is 14.4 Å². The summed E-state index contributed by atoms with van der Waals surface area (Å²) in [5.74, 6) is -1.18. The van der Waals surface area contributed by atoms with Crippen LogP contribution in [0.2, 0.25) is 0 Å². The molecule has 6 heteroatoms. The van der Waals surface area contributed by atoms with E-state index in [1.807, 2.05) is 38.3 Å². The molecule has 0 radical (unpaired) electrons. The van der Waals surface area contributed by atoms with E-state index in [2.05, 4.69) is 5.32 Å². The number of amides is 3. The van der Waals surface area contributed by atoms with Gasteiger partial charge in [-0.1, -0.05) is 39.0 Å². The molecule has 1 N–H and O–H groups in total. The Bertz CT molecular complexity index is 817. The third-order valence-electron chi connectivity index (χ3n) is 4.57. The summed E-state index contributed by atoms with van der Waals surface area (Å²) < 4.78 is 0. The Morgan fingerprint density at radius 3 is 2.08 bits per heavy atom. The molecule has 1 aromatic heterocycles. The molecule has 3 rings (SSSR count). The van der Waals surface area contributed by atoms with E-state index < -0.39 is 17.9 Å². The third kappa shape index (κ3) is 3.17. The van der Waals surface area contributed by atoms with Gasteiger partial charge in [-0.3, -0.25) is 19.3 Å². The van der Waals surface area contributed by atoms with Gasteiger partial charge in [-0.05, 0) is 35.9 Å². The number of hydrogen-bond donors (Lipinski definition) is 1. The summed E-state index contributed by atoms with van der Waals surface area (Å²) in [5, 5.41) is 5.00. The minimum atomic E-state index is -0.882. The number of fused-ring (bicyclic) bond motifs is 1. The fraction of sp³-hybridized carbons (Fsp3) is 0.350. The lowest BCUT2D eigenvalue weighted by atomic mass is 9.85. The molecule has 0 saturated carbocycles. The lowest BCUT2D eigenvalue weighted by Gasteiger charge is -2.32. The molecule has 136 valence electrons. The second-order valence-electron chi connectivity index (χ2n) is 7.52. The first-order chi connectivity index (χ1) is 12.2. The molecule has 0 bridgehead atoms. The highest BCUT2D eigenvalue weighted by Crippen LogP contribution is 2.35. The lowest BCUT2D eigenvalue weighted by Crippen LogP contribution is -2.50. The van der Waals surface area contributed by atoms with E-state index in [9.17, 15) is 14.4 Å². The maximum Gasteiger partial charge on any atom is 0.262 e. The largest absolute Gasteiger partial charge is 0.346 e. The Hall–Kier alpha value is -2.47. The van der Waals surface area contributed by atoms with Crippen LogP contribution in [0.15, 0.2) is 41.8 Å². The Morgan fingerprint density at radius 1 is 1.04 bits per heavy atom. The third-order valence-corrected chi connectivity index (χ3v) is 5.51. The standard InChI is InChI=1S/C20H22N2O3S/c1-12(22-18(24)13-8-5-6-9-14(13)19(22)25)17(23)21-16(20(2,3)4)15-10-7-11-26-15/h5-12,16H,1-4H3,(H,21,23). The zero-order valence-corrected chi connectivity index (χ0v) is 16.1. The Balaban J connectivity index is 1.82. The molecular weight excluding hydrogens is 348 g/mol. The predicted octanol–water partition coefficient (Wildman–Crippen LogP) is 3.64. The highest BCUT2D eigenvalue weighted by molar-refractivity contribution is 7.10. The minimum absolute atomic E-state index is 0.201. The summed E-state index contributed by atoms with van der Waals surface area (Å²) in [6.07, 6.45) is 0. The fourth-order valence-corrected chi connectivity index (χ4v) is 4.13. The van der Waals surface area contributed by atoms with Crippen molar-refractivity contribution in [2.75, 3.05) is 0 Å². The molecule has 26 heavy (non-hydrogen) atoms. The van der Waals surface area contributed by atoms with Crippen LogP contribution in [0, 0.1) is 5.41 Å². The Labute approximate surface area is 157 Å². The van der Waals surface area contributed by atoms with Gasteiger partial charge in [0.05, 0.1) is 17.2 Å². The van der Waals surface area contributed by atoms with Gasteiger partial charge in [-0.15, -0.1) is 11.3 Å². The second-order valence-corrected chi connectivity index (χ2v) is 8.50. The van der Waals surface area contributed by atoms with E-state index in [0.29, 0.717) is 11.1 Å². The molecule has 2 unspecified atom stereocenters. The molecule has 0 spiro atoms. The number of nitrogens with zero attached hydrogens (tertiary/aromatic N) is 1. The summed E-state index contributed by atoms with van der Waals surface area (Å²) in [4.78, 5) is 40.1. The SMILES string of the molecule is CC(C(=O)NC(c1cccs1)C(C)(C)C)N1C(=O)c2ccccc2C1=O. The normalized spacial score (nSPS) is 16.4. The van der Waals surface area contributed by atoms with E-state index in [-0.39, 0.29) is 17.4 Å². The molecule has 2 atom stereocenters. The first kappa shape index (κ1) is 18.3. The van der Waals surface area contributed by atoms with Gasteiger partial charge in [0.1, 0.15) is 6.04 Å². The number of carbonyl (C=O) groups is 3. The van der Waals surface area contributed by atoms with E-state index >= 15 is 0 Å². The lowest BCUT2D eigenvalue weighted by molar-refractivity contribution is -0.126. The number of imide groups is 1. The number of hydrogen-bond acceptors (Lipinski definition) is 4. The monoisotopic (exact) mass is 370 g/mol. The van der Waals surface area contributed by atoms with Crippen LogP contribution >= 0.6 is 11.3 Å². The Morgan fingerprint density at radius 2 is 1.62 bits per heavy atom. The van der Waals surface area contributed by atoms with Crippen LogP contribution in [0.1, 0.15) is 59.3 Å². The summed E-state index contributed by atoms with van der Waals surface area (Å²) >= 11 is 1.57. The van der Waals surface area contributed by atoms with Crippen LogP contribution in [0.5, 0.6) is 0 Å². The van der Waals surface area contributed by atoms with Crippen molar-refractivity contribution in [2.24, 2.45) is 5.41 Å².